The standard InChI is InChI=1S/C18H23FN4O2/c19-14-4-2-13(3-5-14)17-16(12-21-22-17)18(24)23-9-6-15(7-10-23)25-11-1-8-20/h2-5,12,15H,1,6-11,20H2,(H,21,22). The van der Waals surface area contributed by atoms with Gasteiger partial charge in [0.25, 0.3) is 5.91 Å². The molecule has 6 nitrogen and oxygen atoms in total. The van der Waals surface area contributed by atoms with Gasteiger partial charge < -0.3 is 15.4 Å². The zero-order chi connectivity index (χ0) is 17.6. The van der Waals surface area contributed by atoms with Crippen LogP contribution in [0.2, 0.25) is 0 Å². The number of ether oxygens (including phenoxy) is 1. The number of nitrogens with two attached hydrogens (primary N) is 1. The van der Waals surface area contributed by atoms with E-state index in [4.69, 9.17) is 10.5 Å². The Balaban J connectivity index is 1.63. The first-order valence-electron chi connectivity index (χ1n) is 8.59. The number of carbonyl (C=O) groups is 1. The highest BCUT2D eigenvalue weighted by atomic mass is 19.1. The van der Waals surface area contributed by atoms with Crippen molar-refractivity contribution in [1.29, 1.82) is 0 Å². The van der Waals surface area contributed by atoms with Crippen molar-refractivity contribution in [3.8, 4) is 11.3 Å². The number of piperidine rings is 1. The molecular formula is C18H23FN4O2. The number of aromatic amines is 1. The lowest BCUT2D eigenvalue weighted by Gasteiger charge is -2.32. The molecule has 3 rings (SSSR count). The molecule has 0 atom stereocenters. The fourth-order valence-corrected chi connectivity index (χ4v) is 3.01. The van der Waals surface area contributed by atoms with Gasteiger partial charge >= 0.3 is 0 Å². The van der Waals surface area contributed by atoms with E-state index >= 15 is 0 Å². The lowest BCUT2D eigenvalue weighted by Crippen LogP contribution is -2.41. The van der Waals surface area contributed by atoms with E-state index < -0.39 is 0 Å². The molecule has 134 valence electrons. The molecule has 1 aromatic heterocycles. The second-order valence-electron chi connectivity index (χ2n) is 6.17. The van der Waals surface area contributed by atoms with E-state index in [2.05, 4.69) is 10.2 Å². The third-order valence-electron chi connectivity index (χ3n) is 4.43. The number of hydrogen-bond acceptors (Lipinski definition) is 4. The molecule has 0 saturated carbocycles. The van der Waals surface area contributed by atoms with Crippen LogP contribution in [0.15, 0.2) is 30.5 Å². The van der Waals surface area contributed by atoms with Gasteiger partial charge in [-0.2, -0.15) is 5.10 Å². The number of hydrogen-bond donors (Lipinski definition) is 2. The van der Waals surface area contributed by atoms with Gasteiger partial charge in [0.2, 0.25) is 0 Å². The molecule has 1 aliphatic heterocycles. The van der Waals surface area contributed by atoms with Crippen molar-refractivity contribution in [1.82, 2.24) is 15.1 Å². The minimum atomic E-state index is -0.312. The Hall–Kier alpha value is -2.25. The third-order valence-corrected chi connectivity index (χ3v) is 4.43. The second-order valence-corrected chi connectivity index (χ2v) is 6.17. The topological polar surface area (TPSA) is 84.2 Å². The Morgan fingerprint density at radius 1 is 1.32 bits per heavy atom. The molecule has 2 aromatic rings. The Kier molecular flexibility index (Phi) is 5.78. The van der Waals surface area contributed by atoms with Gasteiger partial charge in [-0.25, -0.2) is 4.39 Å². The monoisotopic (exact) mass is 346 g/mol. The van der Waals surface area contributed by atoms with Crippen molar-refractivity contribution in [2.75, 3.05) is 26.2 Å². The summed E-state index contributed by atoms with van der Waals surface area (Å²) >= 11 is 0. The smallest absolute Gasteiger partial charge is 0.257 e. The molecule has 0 unspecified atom stereocenters. The largest absolute Gasteiger partial charge is 0.378 e. The number of likely N-dealkylation sites (tertiary alicyclic amines) is 1. The van der Waals surface area contributed by atoms with E-state index in [1.807, 2.05) is 4.90 Å². The molecule has 1 saturated heterocycles. The van der Waals surface area contributed by atoms with Gasteiger partial charge in [0.15, 0.2) is 0 Å². The van der Waals surface area contributed by atoms with E-state index in [1.165, 1.54) is 18.3 Å². The maximum Gasteiger partial charge on any atom is 0.257 e. The van der Waals surface area contributed by atoms with Crippen molar-refractivity contribution in [2.24, 2.45) is 5.73 Å². The Morgan fingerprint density at radius 2 is 2.04 bits per heavy atom. The van der Waals surface area contributed by atoms with Crippen LogP contribution < -0.4 is 5.73 Å². The number of nitrogens with one attached hydrogen (secondary N) is 1. The molecule has 25 heavy (non-hydrogen) atoms. The highest BCUT2D eigenvalue weighted by Crippen LogP contribution is 2.24. The Labute approximate surface area is 146 Å². The summed E-state index contributed by atoms with van der Waals surface area (Å²) in [4.78, 5) is 14.6. The zero-order valence-electron chi connectivity index (χ0n) is 14.1. The minimum Gasteiger partial charge on any atom is -0.378 e. The van der Waals surface area contributed by atoms with Gasteiger partial charge in [0.05, 0.1) is 23.6 Å². The van der Waals surface area contributed by atoms with Crippen molar-refractivity contribution in [3.05, 3.63) is 41.8 Å². The maximum atomic E-state index is 13.1. The highest BCUT2D eigenvalue weighted by Gasteiger charge is 2.26. The molecule has 0 bridgehead atoms. The number of aromatic nitrogens is 2. The van der Waals surface area contributed by atoms with Crippen molar-refractivity contribution in [3.63, 3.8) is 0 Å². The fourth-order valence-electron chi connectivity index (χ4n) is 3.01. The number of amides is 1. The summed E-state index contributed by atoms with van der Waals surface area (Å²) in [7, 11) is 0. The van der Waals surface area contributed by atoms with Crippen LogP contribution in [-0.2, 0) is 4.74 Å². The summed E-state index contributed by atoms with van der Waals surface area (Å²) < 4.78 is 18.9. The van der Waals surface area contributed by atoms with E-state index in [1.54, 1.807) is 12.1 Å². The lowest BCUT2D eigenvalue weighted by molar-refractivity contribution is 0.00847. The van der Waals surface area contributed by atoms with Crippen LogP contribution in [-0.4, -0.2) is 53.3 Å². The summed E-state index contributed by atoms with van der Waals surface area (Å²) in [5.74, 6) is -0.374. The van der Waals surface area contributed by atoms with Gasteiger partial charge in [0.1, 0.15) is 5.82 Å². The van der Waals surface area contributed by atoms with Crippen LogP contribution in [0.25, 0.3) is 11.3 Å². The van der Waals surface area contributed by atoms with Crippen LogP contribution in [0, 0.1) is 5.82 Å². The molecule has 7 heteroatoms. The van der Waals surface area contributed by atoms with Crippen LogP contribution in [0.5, 0.6) is 0 Å². The van der Waals surface area contributed by atoms with Crippen LogP contribution >= 0.6 is 0 Å². The van der Waals surface area contributed by atoms with Gasteiger partial charge in [-0.3, -0.25) is 9.89 Å². The summed E-state index contributed by atoms with van der Waals surface area (Å²) in [5.41, 5.74) is 7.33. The first-order valence-corrected chi connectivity index (χ1v) is 8.59. The molecule has 2 heterocycles. The van der Waals surface area contributed by atoms with Crippen LogP contribution in [0.3, 0.4) is 0 Å². The molecule has 1 fully saturated rings. The summed E-state index contributed by atoms with van der Waals surface area (Å²) in [6.07, 6.45) is 4.22. The van der Waals surface area contributed by atoms with Crippen LogP contribution in [0.1, 0.15) is 29.6 Å². The van der Waals surface area contributed by atoms with E-state index in [9.17, 15) is 9.18 Å². The number of nitrogens with zero attached hydrogens (tertiary/aromatic N) is 2. The first-order chi connectivity index (χ1) is 12.2. The summed E-state index contributed by atoms with van der Waals surface area (Å²) in [5, 5.41) is 6.85. The van der Waals surface area contributed by atoms with Gasteiger partial charge in [-0.15, -0.1) is 0 Å². The molecule has 1 amide bonds. The summed E-state index contributed by atoms with van der Waals surface area (Å²) in [6, 6.07) is 6.01. The van der Waals surface area contributed by atoms with Gasteiger partial charge in [-0.1, -0.05) is 0 Å². The maximum absolute atomic E-state index is 13.1. The Bertz CT molecular complexity index is 693. The molecule has 1 aliphatic rings. The first kappa shape index (κ1) is 17.6. The van der Waals surface area contributed by atoms with Gasteiger partial charge in [-0.05, 0) is 50.1 Å². The molecule has 0 spiro atoms. The van der Waals surface area contributed by atoms with Crippen LogP contribution in [0.4, 0.5) is 4.39 Å². The number of benzene rings is 1. The van der Waals surface area contributed by atoms with Gasteiger partial charge in [0, 0.05) is 25.3 Å². The average Bonchev–Trinajstić information content (AvgIpc) is 3.12. The molecule has 0 aliphatic carbocycles. The molecule has 3 N–H and O–H groups in total. The van der Waals surface area contributed by atoms with Crippen molar-refractivity contribution in [2.45, 2.75) is 25.4 Å². The quantitative estimate of drug-likeness (QED) is 0.785. The van der Waals surface area contributed by atoms with Crippen molar-refractivity contribution < 1.29 is 13.9 Å². The molecule has 1 aromatic carbocycles. The number of halogens is 1. The SMILES string of the molecule is NCCCOC1CCN(C(=O)c2cn[nH]c2-c2ccc(F)cc2)CC1. The predicted octanol–water partition coefficient (Wildman–Crippen LogP) is 2.19. The third kappa shape index (κ3) is 4.24. The number of H-pyrrole nitrogens is 1. The molecular weight excluding hydrogens is 323 g/mol. The predicted molar refractivity (Wildman–Crippen MR) is 92.5 cm³/mol. The number of carbonyl (C=O) groups excluding carboxylic acids is 1. The van der Waals surface area contributed by atoms with E-state index in [-0.39, 0.29) is 17.8 Å². The fraction of sp³-hybridized carbons (Fsp3) is 0.444. The second kappa shape index (κ2) is 8.22. The normalized spacial score (nSPS) is 15.5. The number of rotatable bonds is 6. The summed E-state index contributed by atoms with van der Waals surface area (Å²) in [6.45, 7) is 2.61. The molecule has 0 radical (unpaired) electrons. The average molecular weight is 346 g/mol. The Morgan fingerprint density at radius 3 is 2.72 bits per heavy atom. The van der Waals surface area contributed by atoms with E-state index in [0.717, 1.165) is 24.8 Å². The minimum absolute atomic E-state index is 0.0616. The zero-order valence-corrected chi connectivity index (χ0v) is 14.1. The van der Waals surface area contributed by atoms with E-state index in [0.29, 0.717) is 37.5 Å². The highest BCUT2D eigenvalue weighted by molar-refractivity contribution is 5.99. The lowest BCUT2D eigenvalue weighted by atomic mass is 10.0. The van der Waals surface area contributed by atoms with Crippen molar-refractivity contribution >= 4 is 5.91 Å².